The molecule has 0 saturated heterocycles. The molecule has 0 saturated carbocycles. The first kappa shape index (κ1) is 10.4. The Balaban J connectivity index is 2.08. The lowest BCUT2D eigenvalue weighted by Crippen LogP contribution is -2.32. The fourth-order valence-electron chi connectivity index (χ4n) is 1.93. The molecule has 0 spiro atoms. The summed E-state index contributed by atoms with van der Waals surface area (Å²) in [5, 5.41) is 18.5. The first-order valence-electron chi connectivity index (χ1n) is 5.34. The Labute approximate surface area is 89.6 Å². The van der Waals surface area contributed by atoms with Gasteiger partial charge in [-0.25, -0.2) is 0 Å². The highest BCUT2D eigenvalue weighted by Gasteiger charge is 2.28. The van der Waals surface area contributed by atoms with E-state index in [9.17, 15) is 5.11 Å². The van der Waals surface area contributed by atoms with Crippen LogP contribution in [-0.4, -0.2) is 25.7 Å². The van der Waals surface area contributed by atoms with Gasteiger partial charge in [-0.2, -0.15) is 15.0 Å². The third kappa shape index (κ3) is 2.45. The maximum absolute atomic E-state index is 10.3. The molecule has 1 aromatic heterocycles. The molecule has 0 radical (unpaired) electrons. The second-order valence-corrected chi connectivity index (χ2v) is 4.48. The third-order valence-corrected chi connectivity index (χ3v) is 2.90. The van der Waals surface area contributed by atoms with Crippen molar-refractivity contribution in [2.24, 2.45) is 13.0 Å². The number of nitrogens with zero attached hydrogens (tertiary/aromatic N) is 3. The van der Waals surface area contributed by atoms with Crippen LogP contribution in [0.5, 0.6) is 0 Å². The average Bonchev–Trinajstić information content (AvgIpc) is 2.57. The van der Waals surface area contributed by atoms with Crippen LogP contribution in [-0.2, 0) is 13.5 Å². The van der Waals surface area contributed by atoms with E-state index >= 15 is 0 Å². The summed E-state index contributed by atoms with van der Waals surface area (Å²) in [4.78, 5) is 1.52. The van der Waals surface area contributed by atoms with Crippen molar-refractivity contribution in [3.63, 3.8) is 0 Å². The van der Waals surface area contributed by atoms with E-state index in [1.165, 1.54) is 4.80 Å². The van der Waals surface area contributed by atoms with E-state index in [4.69, 9.17) is 0 Å². The highest BCUT2D eigenvalue weighted by atomic mass is 16.3. The molecule has 82 valence electrons. The Hall–Kier alpha value is -1.16. The average molecular weight is 207 g/mol. The van der Waals surface area contributed by atoms with Crippen molar-refractivity contribution in [3.8, 4) is 0 Å². The van der Waals surface area contributed by atoms with Crippen LogP contribution in [0.2, 0.25) is 0 Å². The Morgan fingerprint density at radius 2 is 2.47 bits per heavy atom. The minimum absolute atomic E-state index is 0.560. The summed E-state index contributed by atoms with van der Waals surface area (Å²) in [6.45, 7) is 2.17. The molecule has 2 atom stereocenters. The highest BCUT2D eigenvalue weighted by Crippen LogP contribution is 2.28. The molecule has 0 aliphatic heterocycles. The van der Waals surface area contributed by atoms with Gasteiger partial charge in [-0.05, 0) is 18.8 Å². The van der Waals surface area contributed by atoms with E-state index in [2.05, 4.69) is 23.2 Å². The van der Waals surface area contributed by atoms with Gasteiger partial charge >= 0.3 is 0 Å². The SMILES string of the molecule is CC1C=CC(O)(Cc2cnn(C)n2)CC1. The number of aromatic nitrogens is 3. The van der Waals surface area contributed by atoms with Crippen molar-refractivity contribution in [1.82, 2.24) is 15.0 Å². The van der Waals surface area contributed by atoms with Gasteiger partial charge < -0.3 is 5.11 Å². The van der Waals surface area contributed by atoms with Gasteiger partial charge in [0.1, 0.15) is 0 Å². The summed E-state index contributed by atoms with van der Waals surface area (Å²) in [5.41, 5.74) is 0.127. The van der Waals surface area contributed by atoms with Gasteiger partial charge in [0.15, 0.2) is 0 Å². The van der Waals surface area contributed by atoms with Crippen LogP contribution in [0.1, 0.15) is 25.5 Å². The number of hydrogen-bond acceptors (Lipinski definition) is 3. The zero-order chi connectivity index (χ0) is 10.9. The molecule has 15 heavy (non-hydrogen) atoms. The number of aryl methyl sites for hydroxylation is 1. The van der Waals surface area contributed by atoms with Gasteiger partial charge in [-0.1, -0.05) is 19.1 Å². The van der Waals surface area contributed by atoms with Crippen LogP contribution in [0, 0.1) is 5.92 Å². The quantitative estimate of drug-likeness (QED) is 0.738. The number of hydrogen-bond donors (Lipinski definition) is 1. The molecule has 0 aromatic carbocycles. The molecular formula is C11H17N3O. The standard InChI is InChI=1S/C11H17N3O/c1-9-3-5-11(15,6-4-9)7-10-8-12-14(2)13-10/h3,5,8-9,15H,4,6-7H2,1-2H3. The maximum Gasteiger partial charge on any atom is 0.0884 e. The molecule has 4 heteroatoms. The summed E-state index contributed by atoms with van der Waals surface area (Å²) in [6, 6.07) is 0. The second kappa shape index (κ2) is 3.77. The summed E-state index contributed by atoms with van der Waals surface area (Å²) >= 11 is 0. The van der Waals surface area contributed by atoms with Crippen LogP contribution < -0.4 is 0 Å². The van der Waals surface area contributed by atoms with Gasteiger partial charge in [0.25, 0.3) is 0 Å². The topological polar surface area (TPSA) is 50.9 Å². The predicted octanol–water partition coefficient (Wildman–Crippen LogP) is 1.07. The van der Waals surface area contributed by atoms with Crippen LogP contribution in [0.25, 0.3) is 0 Å². The Morgan fingerprint density at radius 1 is 1.67 bits per heavy atom. The first-order chi connectivity index (χ1) is 7.07. The van der Waals surface area contributed by atoms with E-state index in [0.29, 0.717) is 12.3 Å². The van der Waals surface area contributed by atoms with Gasteiger partial charge in [-0.15, -0.1) is 0 Å². The van der Waals surface area contributed by atoms with E-state index in [0.717, 1.165) is 18.5 Å². The fraction of sp³-hybridized carbons (Fsp3) is 0.636. The Bertz CT molecular complexity index is 372. The second-order valence-electron chi connectivity index (χ2n) is 4.48. The Morgan fingerprint density at radius 3 is 3.00 bits per heavy atom. The minimum Gasteiger partial charge on any atom is -0.385 e. The smallest absolute Gasteiger partial charge is 0.0884 e. The number of allylic oxidation sites excluding steroid dienone is 1. The third-order valence-electron chi connectivity index (χ3n) is 2.90. The molecule has 1 N–H and O–H groups in total. The molecule has 1 aliphatic rings. The monoisotopic (exact) mass is 207 g/mol. The minimum atomic E-state index is -0.720. The molecule has 1 aliphatic carbocycles. The molecule has 2 rings (SSSR count). The van der Waals surface area contributed by atoms with Crippen molar-refractivity contribution in [2.45, 2.75) is 31.8 Å². The van der Waals surface area contributed by atoms with Crippen molar-refractivity contribution in [1.29, 1.82) is 0 Å². The van der Waals surface area contributed by atoms with Crippen LogP contribution >= 0.6 is 0 Å². The van der Waals surface area contributed by atoms with Crippen LogP contribution in [0.4, 0.5) is 0 Å². The van der Waals surface area contributed by atoms with Crippen molar-refractivity contribution >= 4 is 0 Å². The first-order valence-corrected chi connectivity index (χ1v) is 5.34. The van der Waals surface area contributed by atoms with Gasteiger partial charge in [0.05, 0.1) is 17.5 Å². The molecule has 0 fully saturated rings. The Kier molecular flexibility index (Phi) is 2.61. The number of aliphatic hydroxyl groups is 1. The fourth-order valence-corrected chi connectivity index (χ4v) is 1.93. The maximum atomic E-state index is 10.3. The normalized spacial score (nSPS) is 30.7. The van der Waals surface area contributed by atoms with E-state index < -0.39 is 5.60 Å². The van der Waals surface area contributed by atoms with Crippen molar-refractivity contribution in [2.75, 3.05) is 0 Å². The largest absolute Gasteiger partial charge is 0.385 e. The molecule has 0 amide bonds. The highest BCUT2D eigenvalue weighted by molar-refractivity contribution is 5.12. The summed E-state index contributed by atoms with van der Waals surface area (Å²) in [5.74, 6) is 0.576. The van der Waals surface area contributed by atoms with Gasteiger partial charge in [-0.3, -0.25) is 0 Å². The summed E-state index contributed by atoms with van der Waals surface area (Å²) in [6.07, 6.45) is 8.11. The zero-order valence-electron chi connectivity index (χ0n) is 9.22. The van der Waals surface area contributed by atoms with E-state index in [-0.39, 0.29) is 0 Å². The molecule has 1 heterocycles. The lowest BCUT2D eigenvalue weighted by Gasteiger charge is -2.28. The predicted molar refractivity (Wildman–Crippen MR) is 57.2 cm³/mol. The van der Waals surface area contributed by atoms with Crippen LogP contribution in [0.3, 0.4) is 0 Å². The molecule has 0 bridgehead atoms. The summed E-state index contributed by atoms with van der Waals surface area (Å²) < 4.78 is 0. The molecular weight excluding hydrogens is 190 g/mol. The van der Waals surface area contributed by atoms with Gasteiger partial charge in [0.2, 0.25) is 0 Å². The van der Waals surface area contributed by atoms with Crippen LogP contribution in [0.15, 0.2) is 18.3 Å². The zero-order valence-corrected chi connectivity index (χ0v) is 9.22. The molecule has 4 nitrogen and oxygen atoms in total. The van der Waals surface area contributed by atoms with Crippen molar-refractivity contribution < 1.29 is 5.11 Å². The number of rotatable bonds is 2. The van der Waals surface area contributed by atoms with E-state index in [1.54, 1.807) is 13.2 Å². The summed E-state index contributed by atoms with van der Waals surface area (Å²) in [7, 11) is 1.78. The lowest BCUT2D eigenvalue weighted by molar-refractivity contribution is 0.0689. The molecule has 1 aromatic rings. The van der Waals surface area contributed by atoms with Crippen molar-refractivity contribution in [3.05, 3.63) is 24.0 Å². The molecule has 2 unspecified atom stereocenters. The van der Waals surface area contributed by atoms with E-state index in [1.807, 2.05) is 6.08 Å². The van der Waals surface area contributed by atoms with Gasteiger partial charge in [0, 0.05) is 13.5 Å². The lowest BCUT2D eigenvalue weighted by atomic mass is 9.83.